The van der Waals surface area contributed by atoms with Gasteiger partial charge in [-0.05, 0) is 49.9 Å². The largest absolute Gasteiger partial charge is 0.375 e. The third kappa shape index (κ3) is 1.60. The highest BCUT2D eigenvalue weighted by Gasteiger charge is 2.46. The maximum absolute atomic E-state index is 6.26. The molecule has 2 saturated carbocycles. The summed E-state index contributed by atoms with van der Waals surface area (Å²) in [6.45, 7) is 3.48. The second kappa shape index (κ2) is 3.23. The van der Waals surface area contributed by atoms with E-state index < -0.39 is 0 Å². The SMILES string of the molecule is CC1CCCC2(CCC3CC3CO2)C1. The van der Waals surface area contributed by atoms with Crippen LogP contribution in [0.15, 0.2) is 0 Å². The van der Waals surface area contributed by atoms with Crippen molar-refractivity contribution in [3.63, 3.8) is 0 Å². The van der Waals surface area contributed by atoms with Gasteiger partial charge in [-0.2, -0.15) is 0 Å². The van der Waals surface area contributed by atoms with Crippen LogP contribution >= 0.6 is 0 Å². The van der Waals surface area contributed by atoms with Crippen molar-refractivity contribution in [2.45, 2.75) is 57.5 Å². The molecule has 0 radical (unpaired) electrons. The van der Waals surface area contributed by atoms with Gasteiger partial charge in [0.2, 0.25) is 0 Å². The minimum atomic E-state index is 0.324. The van der Waals surface area contributed by atoms with E-state index in [0.717, 1.165) is 24.4 Å². The standard InChI is InChI=1S/C13H22O/c1-10-3-2-5-13(8-10)6-4-11-7-12(11)9-14-13/h10-12H,2-9H2,1H3. The molecule has 4 atom stereocenters. The molecule has 2 aliphatic carbocycles. The van der Waals surface area contributed by atoms with Crippen LogP contribution in [0.4, 0.5) is 0 Å². The Bertz CT molecular complexity index is 211. The van der Waals surface area contributed by atoms with E-state index in [9.17, 15) is 0 Å². The summed E-state index contributed by atoms with van der Waals surface area (Å²) in [7, 11) is 0. The third-order valence-electron chi connectivity index (χ3n) is 4.69. The average molecular weight is 194 g/mol. The molecular weight excluding hydrogens is 172 g/mol. The van der Waals surface area contributed by atoms with E-state index in [1.807, 2.05) is 0 Å². The topological polar surface area (TPSA) is 9.23 Å². The molecular formula is C13H22O. The molecule has 0 bridgehead atoms. The first kappa shape index (κ1) is 9.21. The van der Waals surface area contributed by atoms with Crippen LogP contribution in [-0.4, -0.2) is 12.2 Å². The van der Waals surface area contributed by atoms with Gasteiger partial charge in [0.15, 0.2) is 0 Å². The molecule has 1 aliphatic heterocycles. The normalized spacial score (nSPS) is 52.5. The predicted octanol–water partition coefficient (Wildman–Crippen LogP) is 3.38. The molecule has 1 heterocycles. The molecule has 1 spiro atoms. The van der Waals surface area contributed by atoms with Gasteiger partial charge < -0.3 is 4.74 Å². The van der Waals surface area contributed by atoms with Crippen molar-refractivity contribution in [1.29, 1.82) is 0 Å². The number of hydrogen-bond acceptors (Lipinski definition) is 1. The Morgan fingerprint density at radius 3 is 2.93 bits per heavy atom. The first-order chi connectivity index (χ1) is 6.77. The minimum Gasteiger partial charge on any atom is -0.375 e. The zero-order chi connectivity index (χ0) is 9.60. The number of ether oxygens (including phenoxy) is 1. The highest BCUT2D eigenvalue weighted by Crippen LogP contribution is 2.50. The van der Waals surface area contributed by atoms with Crippen LogP contribution in [-0.2, 0) is 4.74 Å². The van der Waals surface area contributed by atoms with Gasteiger partial charge in [-0.1, -0.05) is 19.8 Å². The highest BCUT2D eigenvalue weighted by atomic mass is 16.5. The fourth-order valence-electron chi connectivity index (χ4n) is 3.64. The molecule has 3 fully saturated rings. The lowest BCUT2D eigenvalue weighted by atomic mass is 9.76. The number of fused-ring (bicyclic) bond motifs is 1. The van der Waals surface area contributed by atoms with Crippen LogP contribution < -0.4 is 0 Å². The summed E-state index contributed by atoms with van der Waals surface area (Å²) in [6.07, 6.45) is 9.79. The first-order valence-electron chi connectivity index (χ1n) is 6.41. The van der Waals surface area contributed by atoms with E-state index in [1.165, 1.54) is 44.9 Å². The highest BCUT2D eigenvalue weighted by molar-refractivity contribution is 4.96. The fraction of sp³-hybridized carbons (Fsp3) is 1.00. The minimum absolute atomic E-state index is 0.324. The number of rotatable bonds is 0. The molecule has 3 rings (SSSR count). The van der Waals surface area contributed by atoms with Gasteiger partial charge in [0, 0.05) is 0 Å². The maximum atomic E-state index is 6.26. The second-order valence-electron chi connectivity index (χ2n) is 5.99. The van der Waals surface area contributed by atoms with Crippen LogP contribution in [0.25, 0.3) is 0 Å². The molecule has 1 saturated heterocycles. The van der Waals surface area contributed by atoms with Crippen molar-refractivity contribution in [1.82, 2.24) is 0 Å². The van der Waals surface area contributed by atoms with Gasteiger partial charge in [-0.15, -0.1) is 0 Å². The molecule has 14 heavy (non-hydrogen) atoms. The Balaban J connectivity index is 1.68. The smallest absolute Gasteiger partial charge is 0.0685 e. The lowest BCUT2D eigenvalue weighted by molar-refractivity contribution is -0.0843. The molecule has 0 N–H and O–H groups in total. The van der Waals surface area contributed by atoms with Crippen molar-refractivity contribution >= 4 is 0 Å². The van der Waals surface area contributed by atoms with Crippen molar-refractivity contribution < 1.29 is 4.74 Å². The van der Waals surface area contributed by atoms with E-state index in [2.05, 4.69) is 6.92 Å². The fourth-order valence-corrected chi connectivity index (χ4v) is 3.64. The molecule has 3 aliphatic rings. The lowest BCUT2D eigenvalue weighted by Gasteiger charge is -2.39. The van der Waals surface area contributed by atoms with Gasteiger partial charge in [0.25, 0.3) is 0 Å². The van der Waals surface area contributed by atoms with E-state index in [4.69, 9.17) is 4.74 Å². The molecule has 80 valence electrons. The summed E-state index contributed by atoms with van der Waals surface area (Å²) < 4.78 is 6.26. The maximum Gasteiger partial charge on any atom is 0.0685 e. The zero-order valence-electron chi connectivity index (χ0n) is 9.30. The lowest BCUT2D eigenvalue weighted by Crippen LogP contribution is -2.37. The third-order valence-corrected chi connectivity index (χ3v) is 4.69. The Kier molecular flexibility index (Phi) is 2.12. The monoisotopic (exact) mass is 194 g/mol. The number of hydrogen-bond donors (Lipinski definition) is 0. The quantitative estimate of drug-likeness (QED) is 0.574. The Labute approximate surface area is 87.2 Å². The molecule has 0 amide bonds. The van der Waals surface area contributed by atoms with Gasteiger partial charge in [-0.3, -0.25) is 0 Å². The van der Waals surface area contributed by atoms with Crippen LogP contribution in [0.5, 0.6) is 0 Å². The van der Waals surface area contributed by atoms with E-state index in [-0.39, 0.29) is 0 Å². The van der Waals surface area contributed by atoms with Crippen LogP contribution in [0.1, 0.15) is 51.9 Å². The molecule has 1 nitrogen and oxygen atoms in total. The van der Waals surface area contributed by atoms with Crippen molar-refractivity contribution in [2.24, 2.45) is 17.8 Å². The van der Waals surface area contributed by atoms with Crippen molar-refractivity contribution in [3.05, 3.63) is 0 Å². The van der Waals surface area contributed by atoms with Gasteiger partial charge in [0.1, 0.15) is 0 Å². The molecule has 0 aromatic carbocycles. The summed E-state index contributed by atoms with van der Waals surface area (Å²) in [5, 5.41) is 0. The molecule has 0 aromatic rings. The summed E-state index contributed by atoms with van der Waals surface area (Å²) >= 11 is 0. The van der Waals surface area contributed by atoms with Gasteiger partial charge in [0.05, 0.1) is 12.2 Å². The van der Waals surface area contributed by atoms with E-state index in [0.29, 0.717) is 5.60 Å². The summed E-state index contributed by atoms with van der Waals surface area (Å²) in [4.78, 5) is 0. The Morgan fingerprint density at radius 2 is 2.07 bits per heavy atom. The van der Waals surface area contributed by atoms with Crippen molar-refractivity contribution in [3.8, 4) is 0 Å². The van der Waals surface area contributed by atoms with Crippen LogP contribution in [0.2, 0.25) is 0 Å². The molecule has 1 heteroatoms. The second-order valence-corrected chi connectivity index (χ2v) is 5.99. The van der Waals surface area contributed by atoms with E-state index >= 15 is 0 Å². The van der Waals surface area contributed by atoms with Gasteiger partial charge >= 0.3 is 0 Å². The van der Waals surface area contributed by atoms with Crippen LogP contribution in [0.3, 0.4) is 0 Å². The average Bonchev–Trinajstić information content (AvgIpc) is 2.90. The molecule has 4 unspecified atom stereocenters. The molecule has 0 aromatic heterocycles. The Morgan fingerprint density at radius 1 is 1.14 bits per heavy atom. The first-order valence-corrected chi connectivity index (χ1v) is 6.41. The summed E-state index contributed by atoms with van der Waals surface area (Å²) in [5.41, 5.74) is 0.324. The van der Waals surface area contributed by atoms with Crippen LogP contribution in [0, 0.1) is 17.8 Å². The Hall–Kier alpha value is -0.0400. The van der Waals surface area contributed by atoms with E-state index in [1.54, 1.807) is 0 Å². The summed E-state index contributed by atoms with van der Waals surface area (Å²) in [6, 6.07) is 0. The van der Waals surface area contributed by atoms with Gasteiger partial charge in [-0.25, -0.2) is 0 Å². The predicted molar refractivity (Wildman–Crippen MR) is 57.1 cm³/mol. The summed E-state index contributed by atoms with van der Waals surface area (Å²) in [5.74, 6) is 2.90. The zero-order valence-corrected chi connectivity index (χ0v) is 9.30. The van der Waals surface area contributed by atoms with Crippen molar-refractivity contribution in [2.75, 3.05) is 6.61 Å².